The Hall–Kier alpha value is -3.37. The predicted molar refractivity (Wildman–Crippen MR) is 142 cm³/mol. The molecule has 14 heteroatoms. The topological polar surface area (TPSA) is 203 Å². The van der Waals surface area contributed by atoms with Crippen molar-refractivity contribution in [1.82, 2.24) is 0 Å². The molecule has 2 aliphatic heterocycles. The van der Waals surface area contributed by atoms with Crippen molar-refractivity contribution in [3.8, 4) is 34.5 Å². The highest BCUT2D eigenvalue weighted by atomic mass is 16.7. The first kappa shape index (κ1) is 31.6. The molecule has 14 nitrogen and oxygen atoms in total. The van der Waals surface area contributed by atoms with Gasteiger partial charge in [0.15, 0.2) is 28.8 Å². The molecule has 232 valence electrons. The molecule has 3 unspecified atom stereocenters. The van der Waals surface area contributed by atoms with Gasteiger partial charge in [-0.2, -0.15) is 0 Å². The van der Waals surface area contributed by atoms with Crippen LogP contribution < -0.4 is 23.7 Å². The number of rotatable bonds is 11. The number of benzene rings is 2. The molecular weight excluding hydrogens is 560 g/mol. The summed E-state index contributed by atoms with van der Waals surface area (Å²) in [7, 11) is 5.41. The summed E-state index contributed by atoms with van der Waals surface area (Å²) in [5.41, 5.74) is 0.688. The molecule has 2 saturated heterocycles. The van der Waals surface area contributed by atoms with Crippen molar-refractivity contribution in [2.24, 2.45) is 11.8 Å². The maximum absolute atomic E-state index is 13.5. The number of hydrogen-bond donors (Lipinski definition) is 6. The Bertz CT molecular complexity index is 1200. The predicted octanol–water partition coefficient (Wildman–Crippen LogP) is -0.216. The van der Waals surface area contributed by atoms with Crippen LogP contribution in [0.1, 0.15) is 22.0 Å². The number of aliphatic hydroxyl groups is 5. The number of aliphatic hydroxyl groups excluding tert-OH is 5. The number of aromatic hydroxyl groups is 1. The van der Waals surface area contributed by atoms with Crippen LogP contribution in [-0.2, 0) is 9.47 Å². The number of phenols is 1. The molecule has 0 radical (unpaired) electrons. The van der Waals surface area contributed by atoms with Crippen molar-refractivity contribution in [1.29, 1.82) is 0 Å². The summed E-state index contributed by atoms with van der Waals surface area (Å²) in [6.45, 7) is -1.06. The summed E-state index contributed by atoms with van der Waals surface area (Å²) in [5, 5.41) is 60.7. The third-order valence-corrected chi connectivity index (χ3v) is 7.57. The Labute approximate surface area is 241 Å². The lowest BCUT2D eigenvalue weighted by molar-refractivity contribution is -0.277. The van der Waals surface area contributed by atoms with E-state index in [4.69, 9.17) is 33.2 Å². The van der Waals surface area contributed by atoms with Crippen molar-refractivity contribution in [2.45, 2.75) is 36.8 Å². The fourth-order valence-electron chi connectivity index (χ4n) is 5.21. The van der Waals surface area contributed by atoms with Gasteiger partial charge in [-0.25, -0.2) is 0 Å². The van der Waals surface area contributed by atoms with E-state index >= 15 is 0 Å². The molecule has 2 aromatic rings. The zero-order valence-electron chi connectivity index (χ0n) is 23.5. The van der Waals surface area contributed by atoms with Crippen molar-refractivity contribution in [3.05, 3.63) is 35.4 Å². The molecule has 2 aromatic carbocycles. The molecule has 4 rings (SSSR count). The molecule has 0 saturated carbocycles. The number of carbonyl (C=O) groups excluding carboxylic acids is 1. The molecule has 0 aliphatic carbocycles. The van der Waals surface area contributed by atoms with E-state index in [9.17, 15) is 35.4 Å². The van der Waals surface area contributed by atoms with Crippen molar-refractivity contribution >= 4 is 5.78 Å². The SMILES string of the molecule is COc1cc(C(=O)C2COC(c3cc(OC)c(O[C@@H]4O[C@H](CO)[C@@H](O)[C@@H](O)[C@H]4O)c(OC)c3)C2CO)cc(OC)c1O. The van der Waals surface area contributed by atoms with Crippen LogP contribution >= 0.6 is 0 Å². The first-order valence-corrected chi connectivity index (χ1v) is 13.1. The van der Waals surface area contributed by atoms with Gasteiger partial charge >= 0.3 is 0 Å². The van der Waals surface area contributed by atoms with Crippen LogP contribution in [0.5, 0.6) is 34.5 Å². The average Bonchev–Trinajstić information content (AvgIpc) is 3.45. The quantitative estimate of drug-likeness (QED) is 0.186. The third-order valence-electron chi connectivity index (χ3n) is 7.57. The van der Waals surface area contributed by atoms with E-state index < -0.39 is 61.9 Å². The second-order valence-corrected chi connectivity index (χ2v) is 9.87. The standard InChI is InChI=1S/C28H36O14/c1-36-16-5-12(6-17(37-2)22(16)32)21(31)15-11-40-26(14(15)9-29)13-7-18(38-3)27(19(8-13)39-4)42-28-25(35)24(34)23(33)20(10-30)41-28/h5-8,14-15,20,23-26,28-30,32-35H,9-11H2,1-4H3/t14?,15?,20-,23-,24-,25-,26?,28+/m1/s1. The molecule has 2 aliphatic rings. The fourth-order valence-corrected chi connectivity index (χ4v) is 5.21. The second kappa shape index (κ2) is 13.3. The van der Waals surface area contributed by atoms with E-state index in [0.29, 0.717) is 5.56 Å². The Morgan fingerprint density at radius 3 is 1.90 bits per heavy atom. The molecule has 42 heavy (non-hydrogen) atoms. The number of phenolic OH excluding ortho intramolecular Hbond substituents is 1. The zero-order chi connectivity index (χ0) is 30.7. The Morgan fingerprint density at radius 1 is 0.833 bits per heavy atom. The van der Waals surface area contributed by atoms with Crippen molar-refractivity contribution < 1.29 is 68.6 Å². The first-order chi connectivity index (χ1) is 20.1. The smallest absolute Gasteiger partial charge is 0.229 e. The van der Waals surface area contributed by atoms with E-state index in [1.165, 1.54) is 40.6 Å². The summed E-state index contributed by atoms with van der Waals surface area (Å²) >= 11 is 0. The third kappa shape index (κ3) is 5.79. The highest BCUT2D eigenvalue weighted by Crippen LogP contribution is 2.47. The van der Waals surface area contributed by atoms with Crippen LogP contribution in [0.25, 0.3) is 0 Å². The molecule has 0 amide bonds. The largest absolute Gasteiger partial charge is 0.502 e. The number of methoxy groups -OCH3 is 4. The van der Waals surface area contributed by atoms with Crippen molar-refractivity contribution in [2.75, 3.05) is 48.3 Å². The highest BCUT2D eigenvalue weighted by Gasteiger charge is 2.46. The highest BCUT2D eigenvalue weighted by molar-refractivity contribution is 5.99. The maximum Gasteiger partial charge on any atom is 0.229 e. The first-order valence-electron chi connectivity index (χ1n) is 13.1. The van der Waals surface area contributed by atoms with Gasteiger partial charge in [0.05, 0.1) is 53.7 Å². The monoisotopic (exact) mass is 596 g/mol. The summed E-state index contributed by atoms with van der Waals surface area (Å²) in [4.78, 5) is 13.5. The summed E-state index contributed by atoms with van der Waals surface area (Å²) in [6, 6.07) is 5.88. The molecular formula is C28H36O14. The van der Waals surface area contributed by atoms with Gasteiger partial charge in [-0.1, -0.05) is 0 Å². The molecule has 0 aromatic heterocycles. The number of ether oxygens (including phenoxy) is 7. The van der Waals surface area contributed by atoms with Crippen LogP contribution in [0.3, 0.4) is 0 Å². The Balaban J connectivity index is 1.63. The number of ketones is 1. The van der Waals surface area contributed by atoms with Crippen LogP contribution in [0.4, 0.5) is 0 Å². The van der Waals surface area contributed by atoms with Gasteiger partial charge in [-0.15, -0.1) is 0 Å². The molecule has 6 N–H and O–H groups in total. The molecule has 0 spiro atoms. The van der Waals surface area contributed by atoms with Crippen LogP contribution in [0.15, 0.2) is 24.3 Å². The minimum atomic E-state index is -1.67. The van der Waals surface area contributed by atoms with Crippen LogP contribution in [0.2, 0.25) is 0 Å². The minimum Gasteiger partial charge on any atom is -0.502 e. The van der Waals surface area contributed by atoms with E-state index in [0.717, 1.165) is 0 Å². The van der Waals surface area contributed by atoms with Gasteiger partial charge in [0, 0.05) is 18.1 Å². The van der Waals surface area contributed by atoms with E-state index in [1.807, 2.05) is 0 Å². The summed E-state index contributed by atoms with van der Waals surface area (Å²) < 4.78 is 38.6. The molecule has 2 fully saturated rings. The van der Waals surface area contributed by atoms with Gasteiger partial charge in [0.25, 0.3) is 0 Å². The van der Waals surface area contributed by atoms with Gasteiger partial charge in [-0.05, 0) is 29.8 Å². The summed E-state index contributed by atoms with van der Waals surface area (Å²) in [5.74, 6) is -1.72. The van der Waals surface area contributed by atoms with Gasteiger partial charge < -0.3 is 63.8 Å². The Morgan fingerprint density at radius 2 is 1.40 bits per heavy atom. The minimum absolute atomic E-state index is 0.0115. The molecule has 2 heterocycles. The lowest BCUT2D eigenvalue weighted by atomic mass is 9.83. The molecule has 8 atom stereocenters. The number of hydrogen-bond acceptors (Lipinski definition) is 14. The van der Waals surface area contributed by atoms with Crippen LogP contribution in [-0.4, -0.2) is 115 Å². The van der Waals surface area contributed by atoms with Gasteiger partial charge in [0.1, 0.15) is 24.4 Å². The number of carbonyl (C=O) groups is 1. The lowest BCUT2D eigenvalue weighted by Gasteiger charge is -2.39. The van der Waals surface area contributed by atoms with E-state index in [1.54, 1.807) is 12.1 Å². The summed E-state index contributed by atoms with van der Waals surface area (Å²) in [6.07, 6.45) is -8.34. The maximum atomic E-state index is 13.5. The van der Waals surface area contributed by atoms with Crippen molar-refractivity contribution in [3.63, 3.8) is 0 Å². The Kier molecular flexibility index (Phi) is 9.99. The number of Topliss-reactive ketones (excluding diaryl/α,β-unsaturated/α-hetero) is 1. The fraction of sp³-hybridized carbons (Fsp3) is 0.536. The second-order valence-electron chi connectivity index (χ2n) is 9.87. The zero-order valence-corrected chi connectivity index (χ0v) is 23.5. The lowest BCUT2D eigenvalue weighted by Crippen LogP contribution is -2.60. The average molecular weight is 597 g/mol. The normalized spacial score (nSPS) is 29.2. The van der Waals surface area contributed by atoms with Crippen LogP contribution in [0, 0.1) is 11.8 Å². The van der Waals surface area contributed by atoms with Gasteiger partial charge in [-0.3, -0.25) is 4.79 Å². The van der Waals surface area contributed by atoms with Gasteiger partial charge in [0.2, 0.25) is 17.8 Å². The molecule has 0 bridgehead atoms. The van der Waals surface area contributed by atoms with E-state index in [2.05, 4.69) is 0 Å². The van der Waals surface area contributed by atoms with E-state index in [-0.39, 0.29) is 52.5 Å².